The normalized spacial score (nSPS) is 10.4. The molecular formula is C14H14N2O5. The molecule has 1 heterocycles. The number of hydrogen-bond donors (Lipinski definition) is 1. The molecule has 7 nitrogen and oxygen atoms in total. The predicted molar refractivity (Wildman–Crippen MR) is 75.6 cm³/mol. The van der Waals surface area contributed by atoms with Crippen molar-refractivity contribution in [2.45, 2.75) is 13.5 Å². The lowest BCUT2D eigenvalue weighted by Gasteiger charge is -2.19. The third-order valence-corrected chi connectivity index (χ3v) is 3.20. The van der Waals surface area contributed by atoms with Crippen molar-refractivity contribution in [1.82, 2.24) is 0 Å². The molecule has 0 aliphatic heterocycles. The van der Waals surface area contributed by atoms with Crippen LogP contribution in [-0.2, 0) is 6.54 Å². The number of rotatable bonds is 5. The summed E-state index contributed by atoms with van der Waals surface area (Å²) >= 11 is 0. The van der Waals surface area contributed by atoms with Gasteiger partial charge in [-0.15, -0.1) is 0 Å². The summed E-state index contributed by atoms with van der Waals surface area (Å²) in [6.07, 6.45) is 1.54. The van der Waals surface area contributed by atoms with Crippen LogP contribution in [0.4, 0.5) is 11.4 Å². The number of nitro benzene ring substituents is 1. The van der Waals surface area contributed by atoms with E-state index in [1.807, 2.05) is 0 Å². The number of carboxylic acids is 1. The van der Waals surface area contributed by atoms with E-state index >= 15 is 0 Å². The predicted octanol–water partition coefficient (Wildman–Crippen LogP) is 2.83. The van der Waals surface area contributed by atoms with Crippen molar-refractivity contribution < 1.29 is 19.2 Å². The molecule has 0 aliphatic rings. The zero-order chi connectivity index (χ0) is 15.6. The van der Waals surface area contributed by atoms with Crippen LogP contribution in [0.1, 0.15) is 21.7 Å². The number of hydrogen-bond acceptors (Lipinski definition) is 5. The highest BCUT2D eigenvalue weighted by Gasteiger charge is 2.20. The van der Waals surface area contributed by atoms with Crippen molar-refractivity contribution in [1.29, 1.82) is 0 Å². The Bertz CT molecular complexity index is 692. The van der Waals surface area contributed by atoms with E-state index in [1.54, 1.807) is 31.2 Å². The molecule has 0 fully saturated rings. The van der Waals surface area contributed by atoms with Gasteiger partial charge in [0.1, 0.15) is 11.4 Å². The third-order valence-electron chi connectivity index (χ3n) is 3.20. The number of aryl methyl sites for hydroxylation is 1. The number of anilines is 1. The maximum Gasteiger partial charge on any atom is 0.335 e. The smallest absolute Gasteiger partial charge is 0.335 e. The Morgan fingerprint density at radius 1 is 1.43 bits per heavy atom. The second kappa shape index (κ2) is 5.66. The van der Waals surface area contributed by atoms with Gasteiger partial charge in [0.15, 0.2) is 0 Å². The fourth-order valence-electron chi connectivity index (χ4n) is 2.03. The Balaban J connectivity index is 2.39. The fourth-order valence-corrected chi connectivity index (χ4v) is 2.03. The van der Waals surface area contributed by atoms with Crippen molar-refractivity contribution >= 4 is 17.3 Å². The molecule has 0 saturated carbocycles. The molecule has 2 aromatic rings. The van der Waals surface area contributed by atoms with E-state index in [1.165, 1.54) is 18.2 Å². The Morgan fingerprint density at radius 3 is 2.67 bits per heavy atom. The number of nitrogens with zero attached hydrogens (tertiary/aromatic N) is 2. The number of carbonyl (C=O) groups is 1. The Kier molecular flexibility index (Phi) is 3.93. The number of carboxylic acid groups (broad SMARTS) is 1. The Morgan fingerprint density at radius 2 is 2.14 bits per heavy atom. The van der Waals surface area contributed by atoms with Gasteiger partial charge >= 0.3 is 5.97 Å². The van der Waals surface area contributed by atoms with Crippen LogP contribution in [0.2, 0.25) is 0 Å². The molecule has 0 atom stereocenters. The van der Waals surface area contributed by atoms with E-state index < -0.39 is 10.9 Å². The molecule has 1 aromatic heterocycles. The van der Waals surface area contributed by atoms with Crippen molar-refractivity contribution in [3.8, 4) is 0 Å². The zero-order valence-electron chi connectivity index (χ0n) is 11.6. The lowest BCUT2D eigenvalue weighted by molar-refractivity contribution is -0.384. The molecule has 0 spiro atoms. The van der Waals surface area contributed by atoms with Crippen molar-refractivity contribution in [3.05, 3.63) is 57.5 Å². The van der Waals surface area contributed by atoms with Crippen LogP contribution in [0, 0.1) is 17.0 Å². The van der Waals surface area contributed by atoms with Gasteiger partial charge in [0.25, 0.3) is 5.69 Å². The van der Waals surface area contributed by atoms with E-state index in [0.29, 0.717) is 6.54 Å². The molecule has 1 N–H and O–H groups in total. The molecule has 0 aliphatic carbocycles. The molecule has 0 saturated heterocycles. The van der Waals surface area contributed by atoms with Gasteiger partial charge in [-0.05, 0) is 25.1 Å². The van der Waals surface area contributed by atoms with E-state index in [9.17, 15) is 14.9 Å². The summed E-state index contributed by atoms with van der Waals surface area (Å²) in [5.74, 6) is -0.405. The lowest BCUT2D eigenvalue weighted by atomic mass is 10.1. The zero-order valence-corrected chi connectivity index (χ0v) is 11.6. The summed E-state index contributed by atoms with van der Waals surface area (Å²) in [7, 11) is 1.67. The van der Waals surface area contributed by atoms with E-state index in [2.05, 4.69) is 0 Å². The van der Waals surface area contributed by atoms with E-state index in [-0.39, 0.29) is 16.9 Å². The highest BCUT2D eigenvalue weighted by atomic mass is 16.6. The number of benzene rings is 1. The van der Waals surface area contributed by atoms with Crippen LogP contribution in [0.15, 0.2) is 34.9 Å². The summed E-state index contributed by atoms with van der Waals surface area (Å²) in [6, 6.07) is 5.51. The van der Waals surface area contributed by atoms with Gasteiger partial charge in [0, 0.05) is 25.2 Å². The second-order valence-electron chi connectivity index (χ2n) is 4.62. The van der Waals surface area contributed by atoms with Crippen LogP contribution >= 0.6 is 0 Å². The topological polar surface area (TPSA) is 96.8 Å². The molecular weight excluding hydrogens is 276 g/mol. The summed E-state index contributed by atoms with van der Waals surface area (Å²) in [4.78, 5) is 23.2. The first kappa shape index (κ1) is 14.6. The first-order valence-electron chi connectivity index (χ1n) is 6.16. The van der Waals surface area contributed by atoms with Gasteiger partial charge in [-0.25, -0.2) is 4.79 Å². The molecule has 0 amide bonds. The summed E-state index contributed by atoms with van der Waals surface area (Å²) < 4.78 is 5.19. The largest absolute Gasteiger partial charge is 0.478 e. The molecule has 0 radical (unpaired) electrons. The lowest BCUT2D eigenvalue weighted by Crippen LogP contribution is -2.18. The SMILES string of the molecule is Cc1occc1CN(C)c1cc(C(=O)O)ccc1[N+](=O)[O-]. The monoisotopic (exact) mass is 290 g/mol. The molecule has 1 aromatic carbocycles. The van der Waals surface area contributed by atoms with Crippen LogP contribution in [0.25, 0.3) is 0 Å². The molecule has 21 heavy (non-hydrogen) atoms. The summed E-state index contributed by atoms with van der Waals surface area (Å²) in [5, 5.41) is 20.1. The molecule has 2 rings (SSSR count). The van der Waals surface area contributed by atoms with Crippen molar-refractivity contribution in [2.24, 2.45) is 0 Å². The molecule has 7 heteroatoms. The average Bonchev–Trinajstić information content (AvgIpc) is 2.83. The quantitative estimate of drug-likeness (QED) is 0.671. The standard InChI is InChI=1S/C14H14N2O5/c1-9-11(5-6-21-9)8-15(2)13-7-10(14(17)18)3-4-12(13)16(19)20/h3-7H,8H2,1-2H3,(H,17,18). The number of aromatic carboxylic acids is 1. The van der Waals surface area contributed by atoms with Gasteiger partial charge in [-0.1, -0.05) is 0 Å². The highest BCUT2D eigenvalue weighted by molar-refractivity contribution is 5.90. The minimum Gasteiger partial charge on any atom is -0.478 e. The first-order valence-corrected chi connectivity index (χ1v) is 6.16. The molecule has 0 bridgehead atoms. The van der Waals surface area contributed by atoms with Gasteiger partial charge in [-0.3, -0.25) is 10.1 Å². The van der Waals surface area contributed by atoms with Gasteiger partial charge in [-0.2, -0.15) is 0 Å². The van der Waals surface area contributed by atoms with Crippen LogP contribution < -0.4 is 4.90 Å². The Hall–Kier alpha value is -2.83. The maximum absolute atomic E-state index is 11.1. The Labute approximate surface area is 120 Å². The van der Waals surface area contributed by atoms with Crippen molar-refractivity contribution in [3.63, 3.8) is 0 Å². The minimum absolute atomic E-state index is 0.00589. The van der Waals surface area contributed by atoms with Gasteiger partial charge < -0.3 is 14.4 Å². The van der Waals surface area contributed by atoms with E-state index in [0.717, 1.165) is 11.3 Å². The molecule has 110 valence electrons. The maximum atomic E-state index is 11.1. The highest BCUT2D eigenvalue weighted by Crippen LogP contribution is 2.30. The second-order valence-corrected chi connectivity index (χ2v) is 4.62. The minimum atomic E-state index is -1.13. The third kappa shape index (κ3) is 3.02. The van der Waals surface area contributed by atoms with Crippen LogP contribution in [-0.4, -0.2) is 23.0 Å². The van der Waals surface area contributed by atoms with Gasteiger partial charge in [0.2, 0.25) is 0 Å². The number of nitro groups is 1. The average molecular weight is 290 g/mol. The summed E-state index contributed by atoms with van der Waals surface area (Å²) in [5.41, 5.74) is 1.00. The molecule has 0 unspecified atom stereocenters. The summed E-state index contributed by atoms with van der Waals surface area (Å²) in [6.45, 7) is 2.18. The van der Waals surface area contributed by atoms with Gasteiger partial charge in [0.05, 0.1) is 16.7 Å². The number of furan rings is 1. The van der Waals surface area contributed by atoms with Crippen LogP contribution in [0.5, 0.6) is 0 Å². The van der Waals surface area contributed by atoms with E-state index in [4.69, 9.17) is 9.52 Å². The van der Waals surface area contributed by atoms with Crippen molar-refractivity contribution in [2.75, 3.05) is 11.9 Å². The van der Waals surface area contributed by atoms with Crippen LogP contribution in [0.3, 0.4) is 0 Å². The fraction of sp³-hybridized carbons (Fsp3) is 0.214. The first-order chi connectivity index (χ1) is 9.90.